The van der Waals surface area contributed by atoms with Crippen LogP contribution >= 0.6 is 11.6 Å². The van der Waals surface area contributed by atoms with Gasteiger partial charge in [-0.25, -0.2) is 4.79 Å². The van der Waals surface area contributed by atoms with Gasteiger partial charge in [0.15, 0.2) is 18.1 Å². The van der Waals surface area contributed by atoms with E-state index in [1.165, 1.54) is 31.3 Å². The van der Waals surface area contributed by atoms with E-state index < -0.39 is 18.5 Å². The fourth-order valence-electron chi connectivity index (χ4n) is 2.33. The van der Waals surface area contributed by atoms with E-state index in [1.807, 2.05) is 6.07 Å². The molecule has 0 bridgehead atoms. The molecule has 8 heteroatoms. The van der Waals surface area contributed by atoms with E-state index in [9.17, 15) is 9.59 Å². The molecule has 27 heavy (non-hydrogen) atoms. The first kappa shape index (κ1) is 20.1. The number of carbonyl (C=O) groups is 2. The minimum atomic E-state index is -0.754. The Morgan fingerprint density at radius 2 is 1.85 bits per heavy atom. The topological polar surface area (TPSA) is 88.9 Å². The number of para-hydroxylation sites is 1. The number of carbonyl (C=O) groups excluding carboxylic acids is 2. The summed E-state index contributed by atoms with van der Waals surface area (Å²) in [5, 5.41) is 9.12. The Kier molecular flexibility index (Phi) is 7.03. The summed E-state index contributed by atoms with van der Waals surface area (Å²) in [6, 6.07) is 13.3. The highest BCUT2D eigenvalue weighted by molar-refractivity contribution is 6.32. The van der Waals surface area contributed by atoms with E-state index in [4.69, 9.17) is 31.1 Å². The summed E-state index contributed by atoms with van der Waals surface area (Å²) in [7, 11) is 2.83. The van der Waals surface area contributed by atoms with E-state index in [1.54, 1.807) is 30.3 Å². The van der Waals surface area contributed by atoms with Crippen LogP contribution in [0.3, 0.4) is 0 Å². The zero-order chi connectivity index (χ0) is 19.8. The Morgan fingerprint density at radius 3 is 2.44 bits per heavy atom. The predicted octanol–water partition coefficient (Wildman–Crippen LogP) is 3.07. The summed E-state index contributed by atoms with van der Waals surface area (Å²) in [5.41, 5.74) is 0.645. The fraction of sp³-hybridized carbons (Fsp3) is 0.211. The van der Waals surface area contributed by atoms with Crippen molar-refractivity contribution >= 4 is 29.2 Å². The third kappa shape index (κ3) is 4.90. The van der Waals surface area contributed by atoms with Crippen molar-refractivity contribution in [3.05, 3.63) is 53.1 Å². The minimum absolute atomic E-state index is 0.108. The summed E-state index contributed by atoms with van der Waals surface area (Å²) in [6.07, 6.45) is 0. The summed E-state index contributed by atoms with van der Waals surface area (Å²) in [6.45, 7) is -0.691. The summed E-state index contributed by atoms with van der Waals surface area (Å²) in [4.78, 5) is 25.9. The van der Waals surface area contributed by atoms with Crippen molar-refractivity contribution < 1.29 is 23.8 Å². The SMILES string of the molecule is COc1cc(C(=O)OCC(=O)N(CC#N)c2ccccc2)cc(Cl)c1OC. The number of benzene rings is 2. The number of halogens is 1. The van der Waals surface area contributed by atoms with Crippen LogP contribution in [0.15, 0.2) is 42.5 Å². The minimum Gasteiger partial charge on any atom is -0.493 e. The van der Waals surface area contributed by atoms with Gasteiger partial charge in [-0.2, -0.15) is 5.26 Å². The molecule has 0 fully saturated rings. The summed E-state index contributed by atoms with van der Waals surface area (Å²) < 4.78 is 15.3. The summed E-state index contributed by atoms with van der Waals surface area (Å²) >= 11 is 6.07. The summed E-state index contributed by atoms with van der Waals surface area (Å²) in [5.74, 6) is -0.728. The molecular weight excluding hydrogens is 372 g/mol. The third-order valence-electron chi connectivity index (χ3n) is 3.59. The number of amides is 1. The zero-order valence-electron chi connectivity index (χ0n) is 14.8. The molecule has 0 aromatic heterocycles. The van der Waals surface area contributed by atoms with Crippen molar-refractivity contribution in [3.8, 4) is 17.6 Å². The Labute approximate surface area is 161 Å². The van der Waals surface area contributed by atoms with Gasteiger partial charge in [0.2, 0.25) is 0 Å². The maximum absolute atomic E-state index is 12.4. The Morgan fingerprint density at radius 1 is 1.15 bits per heavy atom. The molecule has 0 heterocycles. The molecule has 0 N–H and O–H groups in total. The van der Waals surface area contributed by atoms with Gasteiger partial charge in [-0.15, -0.1) is 0 Å². The highest BCUT2D eigenvalue weighted by Crippen LogP contribution is 2.36. The van der Waals surface area contributed by atoms with Crippen LogP contribution in [-0.2, 0) is 9.53 Å². The molecule has 0 saturated heterocycles. The lowest BCUT2D eigenvalue weighted by molar-refractivity contribution is -0.121. The highest BCUT2D eigenvalue weighted by Gasteiger charge is 2.20. The van der Waals surface area contributed by atoms with Crippen LogP contribution in [0, 0.1) is 11.3 Å². The van der Waals surface area contributed by atoms with Crippen molar-refractivity contribution in [1.82, 2.24) is 0 Å². The lowest BCUT2D eigenvalue weighted by atomic mass is 10.2. The average Bonchev–Trinajstić information content (AvgIpc) is 2.69. The second kappa shape index (κ2) is 9.46. The van der Waals surface area contributed by atoms with Crippen LogP contribution in [0.1, 0.15) is 10.4 Å². The van der Waals surface area contributed by atoms with Crippen LogP contribution in [0.2, 0.25) is 5.02 Å². The molecule has 0 radical (unpaired) electrons. The van der Waals surface area contributed by atoms with E-state index in [0.717, 1.165) is 0 Å². The number of nitrogens with zero attached hydrogens (tertiary/aromatic N) is 2. The number of hydrogen-bond donors (Lipinski definition) is 0. The van der Waals surface area contributed by atoms with E-state index >= 15 is 0 Å². The van der Waals surface area contributed by atoms with Gasteiger partial charge in [0.05, 0.1) is 30.9 Å². The molecule has 2 aromatic rings. The van der Waals surface area contributed by atoms with Crippen molar-refractivity contribution in [2.45, 2.75) is 0 Å². The smallest absolute Gasteiger partial charge is 0.338 e. The van der Waals surface area contributed by atoms with Gasteiger partial charge >= 0.3 is 5.97 Å². The Hall–Kier alpha value is -3.24. The van der Waals surface area contributed by atoms with Gasteiger partial charge in [-0.3, -0.25) is 9.69 Å². The fourth-order valence-corrected chi connectivity index (χ4v) is 2.61. The van der Waals surface area contributed by atoms with Gasteiger partial charge in [0, 0.05) is 5.69 Å². The largest absolute Gasteiger partial charge is 0.493 e. The molecule has 1 amide bonds. The molecule has 2 aromatic carbocycles. The first-order chi connectivity index (χ1) is 13.0. The number of ether oxygens (including phenoxy) is 3. The molecule has 0 atom stereocenters. The molecule has 0 spiro atoms. The molecule has 0 aliphatic heterocycles. The van der Waals surface area contributed by atoms with Crippen LogP contribution in [0.5, 0.6) is 11.5 Å². The van der Waals surface area contributed by atoms with Crippen LogP contribution in [0.25, 0.3) is 0 Å². The lowest BCUT2D eigenvalue weighted by Gasteiger charge is -2.19. The molecule has 0 unspecified atom stereocenters. The first-order valence-electron chi connectivity index (χ1n) is 7.82. The van der Waals surface area contributed by atoms with Gasteiger partial charge in [0.1, 0.15) is 6.54 Å². The molecule has 7 nitrogen and oxygen atoms in total. The molecule has 2 rings (SSSR count). The van der Waals surface area contributed by atoms with Crippen molar-refractivity contribution in [3.63, 3.8) is 0 Å². The molecule has 0 saturated carbocycles. The monoisotopic (exact) mass is 388 g/mol. The van der Waals surface area contributed by atoms with E-state index in [0.29, 0.717) is 5.69 Å². The molecule has 0 aliphatic rings. The van der Waals surface area contributed by atoms with E-state index in [2.05, 4.69) is 0 Å². The maximum Gasteiger partial charge on any atom is 0.338 e. The van der Waals surface area contributed by atoms with Crippen molar-refractivity contribution in [2.75, 3.05) is 32.3 Å². The molecule has 0 aliphatic carbocycles. The number of anilines is 1. The van der Waals surface area contributed by atoms with Crippen LogP contribution in [0.4, 0.5) is 5.69 Å². The highest BCUT2D eigenvalue weighted by atomic mass is 35.5. The number of rotatable bonds is 7. The Balaban J connectivity index is 2.11. The quantitative estimate of drug-likeness (QED) is 0.535. The van der Waals surface area contributed by atoms with Crippen LogP contribution < -0.4 is 14.4 Å². The van der Waals surface area contributed by atoms with Crippen molar-refractivity contribution in [2.24, 2.45) is 0 Å². The first-order valence-corrected chi connectivity index (χ1v) is 8.20. The van der Waals surface area contributed by atoms with Crippen molar-refractivity contribution in [1.29, 1.82) is 5.26 Å². The Bertz CT molecular complexity index is 864. The zero-order valence-corrected chi connectivity index (χ0v) is 15.5. The number of nitriles is 1. The van der Waals surface area contributed by atoms with Gasteiger partial charge < -0.3 is 14.2 Å². The van der Waals surface area contributed by atoms with E-state index in [-0.39, 0.29) is 28.6 Å². The lowest BCUT2D eigenvalue weighted by Crippen LogP contribution is -2.35. The van der Waals surface area contributed by atoms with Gasteiger partial charge in [0.25, 0.3) is 5.91 Å². The normalized spacial score (nSPS) is 9.85. The number of hydrogen-bond acceptors (Lipinski definition) is 6. The molecule has 140 valence electrons. The second-order valence-electron chi connectivity index (χ2n) is 5.24. The third-order valence-corrected chi connectivity index (χ3v) is 3.87. The van der Waals surface area contributed by atoms with Gasteiger partial charge in [-0.1, -0.05) is 29.8 Å². The maximum atomic E-state index is 12.4. The second-order valence-corrected chi connectivity index (χ2v) is 5.65. The average molecular weight is 389 g/mol. The number of esters is 1. The number of methoxy groups -OCH3 is 2. The standard InChI is InChI=1S/C19H17ClN2O5/c1-25-16-11-13(10-15(20)18(16)26-2)19(24)27-12-17(23)22(9-8-21)14-6-4-3-5-7-14/h3-7,10-11H,9,12H2,1-2H3. The predicted molar refractivity (Wildman–Crippen MR) is 99.2 cm³/mol. The van der Waals surface area contributed by atoms with Gasteiger partial charge in [-0.05, 0) is 24.3 Å². The molecular formula is C19H17ClN2O5. The van der Waals surface area contributed by atoms with Crippen LogP contribution in [-0.4, -0.2) is 39.2 Å².